The SMILES string of the molecule is C[C@@H]1CC(SC(C)(C)C)C[C@H](C)O1. The molecular weight excluding hydrogens is 180 g/mol. The third kappa shape index (κ3) is 4.37. The summed E-state index contributed by atoms with van der Waals surface area (Å²) in [5.41, 5.74) is 0. The van der Waals surface area contributed by atoms with Crippen LogP contribution < -0.4 is 0 Å². The van der Waals surface area contributed by atoms with Gasteiger partial charge in [-0.1, -0.05) is 20.8 Å². The summed E-state index contributed by atoms with van der Waals surface area (Å²) in [6, 6.07) is 0. The summed E-state index contributed by atoms with van der Waals surface area (Å²) in [4.78, 5) is 0. The van der Waals surface area contributed by atoms with Crippen molar-refractivity contribution in [2.24, 2.45) is 0 Å². The molecule has 1 aliphatic rings. The van der Waals surface area contributed by atoms with Crippen molar-refractivity contribution in [3.63, 3.8) is 0 Å². The molecule has 0 saturated carbocycles. The predicted molar refractivity (Wildman–Crippen MR) is 60.4 cm³/mol. The standard InChI is InChI=1S/C11H22OS/c1-8-6-10(7-9(2)12-8)13-11(3,4)5/h8-10H,6-7H2,1-5H3/t8-,9+,10?. The molecule has 1 nitrogen and oxygen atoms in total. The first-order valence-electron chi connectivity index (χ1n) is 5.20. The van der Waals surface area contributed by atoms with Crippen LogP contribution in [0, 0.1) is 0 Å². The predicted octanol–water partition coefficient (Wildman–Crippen LogP) is 3.47. The zero-order chi connectivity index (χ0) is 10.1. The maximum absolute atomic E-state index is 5.72. The average Bonchev–Trinajstić information content (AvgIpc) is 1.78. The van der Waals surface area contributed by atoms with Gasteiger partial charge in [-0.2, -0.15) is 11.8 Å². The van der Waals surface area contributed by atoms with Gasteiger partial charge < -0.3 is 4.74 Å². The minimum Gasteiger partial charge on any atom is -0.375 e. The van der Waals surface area contributed by atoms with E-state index in [1.54, 1.807) is 0 Å². The second-order valence-electron chi connectivity index (χ2n) is 5.08. The maximum Gasteiger partial charge on any atom is 0.0561 e. The van der Waals surface area contributed by atoms with Gasteiger partial charge in [0.25, 0.3) is 0 Å². The molecule has 0 aromatic carbocycles. The Labute approximate surface area is 86.6 Å². The molecule has 0 radical (unpaired) electrons. The highest BCUT2D eigenvalue weighted by Crippen LogP contribution is 2.36. The highest BCUT2D eigenvalue weighted by atomic mass is 32.2. The van der Waals surface area contributed by atoms with Crippen LogP contribution in [0.1, 0.15) is 47.5 Å². The molecule has 1 saturated heterocycles. The molecule has 3 atom stereocenters. The monoisotopic (exact) mass is 202 g/mol. The number of hydrogen-bond donors (Lipinski definition) is 0. The first kappa shape index (κ1) is 11.4. The van der Waals surface area contributed by atoms with Gasteiger partial charge in [0.15, 0.2) is 0 Å². The Morgan fingerprint density at radius 3 is 1.92 bits per heavy atom. The smallest absolute Gasteiger partial charge is 0.0561 e. The van der Waals surface area contributed by atoms with E-state index in [0.717, 1.165) is 5.25 Å². The molecule has 0 amide bonds. The van der Waals surface area contributed by atoms with Crippen LogP contribution in [0.2, 0.25) is 0 Å². The summed E-state index contributed by atoms with van der Waals surface area (Å²) in [7, 11) is 0. The van der Waals surface area contributed by atoms with E-state index in [4.69, 9.17) is 4.74 Å². The summed E-state index contributed by atoms with van der Waals surface area (Å²) in [6.07, 6.45) is 3.32. The van der Waals surface area contributed by atoms with Crippen molar-refractivity contribution in [2.75, 3.05) is 0 Å². The topological polar surface area (TPSA) is 9.23 Å². The Morgan fingerprint density at radius 1 is 1.08 bits per heavy atom. The lowest BCUT2D eigenvalue weighted by atomic mass is 10.1. The largest absolute Gasteiger partial charge is 0.375 e. The zero-order valence-electron chi connectivity index (χ0n) is 9.46. The van der Waals surface area contributed by atoms with Crippen LogP contribution in [0.5, 0.6) is 0 Å². The fourth-order valence-corrected chi connectivity index (χ4v) is 3.68. The number of thioether (sulfide) groups is 1. The molecule has 1 fully saturated rings. The van der Waals surface area contributed by atoms with Crippen molar-refractivity contribution in [1.82, 2.24) is 0 Å². The van der Waals surface area contributed by atoms with Crippen LogP contribution in [0.15, 0.2) is 0 Å². The molecular formula is C11H22OS. The second-order valence-corrected chi connectivity index (χ2v) is 7.21. The number of hydrogen-bond acceptors (Lipinski definition) is 2. The molecule has 78 valence electrons. The van der Waals surface area contributed by atoms with E-state index in [9.17, 15) is 0 Å². The minimum atomic E-state index is 0.390. The van der Waals surface area contributed by atoms with Gasteiger partial charge in [0, 0.05) is 10.00 Å². The van der Waals surface area contributed by atoms with Gasteiger partial charge in [-0.25, -0.2) is 0 Å². The van der Waals surface area contributed by atoms with Crippen LogP contribution in [0.4, 0.5) is 0 Å². The summed E-state index contributed by atoms with van der Waals surface area (Å²) in [5, 5.41) is 0.791. The van der Waals surface area contributed by atoms with Crippen LogP contribution in [-0.4, -0.2) is 22.2 Å². The van der Waals surface area contributed by atoms with E-state index in [2.05, 4.69) is 46.4 Å². The van der Waals surface area contributed by atoms with Gasteiger partial charge in [0.1, 0.15) is 0 Å². The Bertz CT molecular complexity index is 152. The summed E-state index contributed by atoms with van der Waals surface area (Å²) in [6.45, 7) is 11.3. The van der Waals surface area contributed by atoms with E-state index >= 15 is 0 Å². The highest BCUT2D eigenvalue weighted by molar-refractivity contribution is 8.01. The fourth-order valence-electron chi connectivity index (χ4n) is 1.94. The van der Waals surface area contributed by atoms with Crippen molar-refractivity contribution in [3.8, 4) is 0 Å². The van der Waals surface area contributed by atoms with Gasteiger partial charge in [0.2, 0.25) is 0 Å². The first-order chi connectivity index (χ1) is 5.87. The second kappa shape index (κ2) is 4.22. The highest BCUT2D eigenvalue weighted by Gasteiger charge is 2.28. The summed E-state index contributed by atoms with van der Waals surface area (Å²) >= 11 is 2.11. The zero-order valence-corrected chi connectivity index (χ0v) is 10.3. The Morgan fingerprint density at radius 2 is 1.54 bits per heavy atom. The molecule has 0 spiro atoms. The Kier molecular flexibility index (Phi) is 3.70. The maximum atomic E-state index is 5.72. The van der Waals surface area contributed by atoms with Gasteiger partial charge in [-0.15, -0.1) is 0 Å². The van der Waals surface area contributed by atoms with Crippen molar-refractivity contribution in [3.05, 3.63) is 0 Å². The molecule has 1 heterocycles. The normalized spacial score (nSPS) is 36.2. The minimum absolute atomic E-state index is 0.390. The van der Waals surface area contributed by atoms with Crippen LogP contribution in [0.25, 0.3) is 0 Å². The molecule has 1 aliphatic heterocycles. The van der Waals surface area contributed by atoms with Gasteiger partial charge in [0.05, 0.1) is 12.2 Å². The molecule has 0 N–H and O–H groups in total. The molecule has 13 heavy (non-hydrogen) atoms. The Hall–Kier alpha value is 0.310. The molecule has 1 rings (SSSR count). The average molecular weight is 202 g/mol. The summed E-state index contributed by atoms with van der Waals surface area (Å²) < 4.78 is 6.11. The van der Waals surface area contributed by atoms with Crippen molar-refractivity contribution in [1.29, 1.82) is 0 Å². The number of rotatable bonds is 1. The van der Waals surface area contributed by atoms with Crippen LogP contribution >= 0.6 is 11.8 Å². The van der Waals surface area contributed by atoms with Crippen LogP contribution in [-0.2, 0) is 4.74 Å². The lowest BCUT2D eigenvalue weighted by molar-refractivity contribution is -0.0266. The summed E-state index contributed by atoms with van der Waals surface area (Å²) in [5.74, 6) is 0. The van der Waals surface area contributed by atoms with Crippen molar-refractivity contribution >= 4 is 11.8 Å². The third-order valence-corrected chi connectivity index (χ3v) is 3.60. The molecule has 0 bridgehead atoms. The first-order valence-corrected chi connectivity index (χ1v) is 6.08. The van der Waals surface area contributed by atoms with Gasteiger partial charge in [-0.05, 0) is 26.7 Å². The molecule has 0 aromatic rings. The quantitative estimate of drug-likeness (QED) is 0.644. The van der Waals surface area contributed by atoms with Gasteiger partial charge in [-0.3, -0.25) is 0 Å². The van der Waals surface area contributed by atoms with E-state index in [1.165, 1.54) is 12.8 Å². The molecule has 1 unspecified atom stereocenters. The van der Waals surface area contributed by atoms with E-state index < -0.39 is 0 Å². The Balaban J connectivity index is 2.42. The lowest BCUT2D eigenvalue weighted by Crippen LogP contribution is -2.32. The third-order valence-electron chi connectivity index (χ3n) is 2.17. The fraction of sp³-hybridized carbons (Fsp3) is 1.00. The van der Waals surface area contributed by atoms with Crippen molar-refractivity contribution in [2.45, 2.75) is 69.7 Å². The lowest BCUT2D eigenvalue weighted by Gasteiger charge is -2.35. The van der Waals surface area contributed by atoms with E-state index in [-0.39, 0.29) is 0 Å². The van der Waals surface area contributed by atoms with Crippen LogP contribution in [0.3, 0.4) is 0 Å². The van der Waals surface area contributed by atoms with E-state index in [1.807, 2.05) is 0 Å². The van der Waals surface area contributed by atoms with E-state index in [0.29, 0.717) is 17.0 Å². The molecule has 0 aromatic heterocycles. The van der Waals surface area contributed by atoms with Crippen molar-refractivity contribution < 1.29 is 4.74 Å². The van der Waals surface area contributed by atoms with Gasteiger partial charge >= 0.3 is 0 Å². The molecule has 2 heteroatoms. The number of ether oxygens (including phenoxy) is 1. The molecule has 0 aliphatic carbocycles.